The second kappa shape index (κ2) is 7.79. The lowest BCUT2D eigenvalue weighted by Crippen LogP contribution is -2.47. The van der Waals surface area contributed by atoms with Crippen molar-refractivity contribution in [2.75, 3.05) is 19.6 Å². The van der Waals surface area contributed by atoms with E-state index in [0.29, 0.717) is 25.7 Å². The minimum atomic E-state index is -0.500. The Morgan fingerprint density at radius 2 is 1.91 bits per heavy atom. The van der Waals surface area contributed by atoms with E-state index in [9.17, 15) is 9.90 Å². The maximum Gasteiger partial charge on any atom is 0.410 e. The van der Waals surface area contributed by atoms with Crippen LogP contribution >= 0.6 is 0 Å². The van der Waals surface area contributed by atoms with E-state index in [2.05, 4.69) is 5.32 Å². The summed E-state index contributed by atoms with van der Waals surface area (Å²) in [7, 11) is 0. The number of carbonyl (C=O) groups excluding carboxylic acids is 1. The van der Waals surface area contributed by atoms with Gasteiger partial charge in [0, 0.05) is 25.7 Å². The maximum absolute atomic E-state index is 12.0. The molecule has 0 spiro atoms. The largest absolute Gasteiger partial charge is 0.444 e. The number of nitrogens with one attached hydrogen (secondary N) is 1. The molecule has 1 aliphatic heterocycles. The molecule has 2 N–H and O–H groups in total. The number of rotatable bonds is 4. The van der Waals surface area contributed by atoms with Crippen molar-refractivity contribution in [1.82, 2.24) is 10.2 Å². The summed E-state index contributed by atoms with van der Waals surface area (Å²) in [6.45, 7) is 7.54. The normalized spacial score (nSPS) is 17.8. The van der Waals surface area contributed by atoms with Gasteiger partial charge in [-0.1, -0.05) is 30.3 Å². The van der Waals surface area contributed by atoms with Gasteiger partial charge in [0.2, 0.25) is 0 Å². The fourth-order valence-electron chi connectivity index (χ4n) is 2.66. The Morgan fingerprint density at radius 3 is 2.48 bits per heavy atom. The molecule has 1 aromatic carbocycles. The maximum atomic E-state index is 12.0. The zero-order chi connectivity index (χ0) is 16.9. The molecule has 5 heteroatoms. The summed E-state index contributed by atoms with van der Waals surface area (Å²) in [5.74, 6) is 0. The van der Waals surface area contributed by atoms with Gasteiger partial charge in [-0.3, -0.25) is 0 Å². The number of amides is 1. The highest BCUT2D eigenvalue weighted by atomic mass is 16.6. The van der Waals surface area contributed by atoms with Crippen LogP contribution in [0.25, 0.3) is 0 Å². The molecule has 23 heavy (non-hydrogen) atoms. The summed E-state index contributed by atoms with van der Waals surface area (Å²) in [5.41, 5.74) is 0.470. The minimum Gasteiger partial charge on any atom is -0.444 e. The molecule has 0 unspecified atom stereocenters. The van der Waals surface area contributed by atoms with E-state index in [0.717, 1.165) is 18.4 Å². The summed E-state index contributed by atoms with van der Waals surface area (Å²) in [4.78, 5) is 13.8. The van der Waals surface area contributed by atoms with Gasteiger partial charge in [0.05, 0.1) is 6.10 Å². The number of ether oxygens (including phenoxy) is 1. The van der Waals surface area contributed by atoms with Crippen molar-refractivity contribution < 1.29 is 14.6 Å². The van der Waals surface area contributed by atoms with Crippen LogP contribution in [0.2, 0.25) is 0 Å². The van der Waals surface area contributed by atoms with Gasteiger partial charge in [-0.2, -0.15) is 0 Å². The number of hydrogen-bond acceptors (Lipinski definition) is 4. The summed E-state index contributed by atoms with van der Waals surface area (Å²) in [6, 6.07) is 9.98. The number of nitrogens with zero attached hydrogens (tertiary/aromatic N) is 1. The van der Waals surface area contributed by atoms with Crippen LogP contribution in [0.5, 0.6) is 0 Å². The Kier molecular flexibility index (Phi) is 6.02. The zero-order valence-electron chi connectivity index (χ0n) is 14.3. The molecular formula is C18H28N2O3. The van der Waals surface area contributed by atoms with E-state index in [4.69, 9.17) is 4.74 Å². The molecule has 5 nitrogen and oxygen atoms in total. The third-order valence-electron chi connectivity index (χ3n) is 3.93. The van der Waals surface area contributed by atoms with Gasteiger partial charge in [-0.15, -0.1) is 0 Å². The van der Waals surface area contributed by atoms with E-state index in [-0.39, 0.29) is 6.09 Å². The van der Waals surface area contributed by atoms with Gasteiger partial charge in [-0.05, 0) is 39.2 Å². The summed E-state index contributed by atoms with van der Waals surface area (Å²) in [6.07, 6.45) is 1.02. The molecule has 1 aliphatic rings. The van der Waals surface area contributed by atoms with Crippen LogP contribution in [0, 0.1) is 0 Å². The Morgan fingerprint density at radius 1 is 1.30 bits per heavy atom. The number of likely N-dealkylation sites (tertiary alicyclic amines) is 1. The van der Waals surface area contributed by atoms with Gasteiger partial charge in [0.1, 0.15) is 5.60 Å². The summed E-state index contributed by atoms with van der Waals surface area (Å²) < 4.78 is 5.40. The van der Waals surface area contributed by atoms with Crippen LogP contribution in [-0.2, 0) is 4.74 Å². The highest BCUT2D eigenvalue weighted by molar-refractivity contribution is 5.68. The minimum absolute atomic E-state index is 0.236. The lowest BCUT2D eigenvalue weighted by molar-refractivity contribution is 0.0194. The van der Waals surface area contributed by atoms with Crippen molar-refractivity contribution in [3.8, 4) is 0 Å². The van der Waals surface area contributed by atoms with Crippen molar-refractivity contribution >= 4 is 6.09 Å². The summed E-state index contributed by atoms with van der Waals surface area (Å²) >= 11 is 0. The molecule has 0 saturated carbocycles. The molecule has 0 aromatic heterocycles. The molecule has 2 rings (SSSR count). The van der Waals surface area contributed by atoms with Crippen molar-refractivity contribution in [3.63, 3.8) is 0 Å². The summed E-state index contributed by atoms with van der Waals surface area (Å²) in [5, 5.41) is 13.6. The van der Waals surface area contributed by atoms with Crippen LogP contribution in [0.1, 0.15) is 45.3 Å². The molecule has 0 bridgehead atoms. The SMILES string of the molecule is CC(C)(C)OC(=O)N1CCC(NC[C@@H](O)c2ccccc2)CC1. The van der Waals surface area contributed by atoms with Crippen molar-refractivity contribution in [2.45, 2.75) is 51.4 Å². The predicted octanol–water partition coefficient (Wildman–Crippen LogP) is 2.71. The number of benzene rings is 1. The highest BCUT2D eigenvalue weighted by Crippen LogP contribution is 2.17. The van der Waals surface area contributed by atoms with Crippen LogP contribution in [0.4, 0.5) is 4.79 Å². The Bertz CT molecular complexity index is 491. The molecule has 1 saturated heterocycles. The fraction of sp³-hybridized carbons (Fsp3) is 0.611. The van der Waals surface area contributed by atoms with E-state index in [1.807, 2.05) is 51.1 Å². The van der Waals surface area contributed by atoms with Crippen LogP contribution in [-0.4, -0.2) is 47.4 Å². The number of hydrogen-bond donors (Lipinski definition) is 2. The van der Waals surface area contributed by atoms with E-state index in [1.54, 1.807) is 4.90 Å². The molecule has 1 atom stereocenters. The van der Waals surface area contributed by atoms with E-state index < -0.39 is 11.7 Å². The molecule has 1 heterocycles. The van der Waals surface area contributed by atoms with Gasteiger partial charge in [0.25, 0.3) is 0 Å². The van der Waals surface area contributed by atoms with E-state index in [1.165, 1.54) is 0 Å². The average Bonchev–Trinajstić information content (AvgIpc) is 2.52. The third-order valence-corrected chi connectivity index (χ3v) is 3.93. The molecule has 128 valence electrons. The number of carbonyl (C=O) groups is 1. The van der Waals surface area contributed by atoms with Crippen LogP contribution in [0.15, 0.2) is 30.3 Å². The fourth-order valence-corrected chi connectivity index (χ4v) is 2.66. The third kappa shape index (κ3) is 5.84. The van der Waals surface area contributed by atoms with Crippen molar-refractivity contribution in [3.05, 3.63) is 35.9 Å². The molecule has 1 aromatic rings. The van der Waals surface area contributed by atoms with Gasteiger partial charge < -0.3 is 20.1 Å². The van der Waals surface area contributed by atoms with Gasteiger partial charge in [0.15, 0.2) is 0 Å². The standard InChI is InChI=1S/C18H28N2O3/c1-18(2,3)23-17(22)20-11-9-15(10-12-20)19-13-16(21)14-7-5-4-6-8-14/h4-8,15-16,19,21H,9-13H2,1-3H3/t16-/m1/s1. The van der Waals surface area contributed by atoms with Crippen molar-refractivity contribution in [2.24, 2.45) is 0 Å². The quantitative estimate of drug-likeness (QED) is 0.895. The Labute approximate surface area is 138 Å². The molecule has 0 radical (unpaired) electrons. The lowest BCUT2D eigenvalue weighted by atomic mass is 10.0. The predicted molar refractivity (Wildman–Crippen MR) is 90.2 cm³/mol. The highest BCUT2D eigenvalue weighted by Gasteiger charge is 2.26. The molecule has 1 fully saturated rings. The monoisotopic (exact) mass is 320 g/mol. The second-order valence-corrected chi connectivity index (χ2v) is 7.08. The van der Waals surface area contributed by atoms with Crippen molar-refractivity contribution in [1.29, 1.82) is 0 Å². The smallest absolute Gasteiger partial charge is 0.410 e. The first-order valence-electron chi connectivity index (χ1n) is 8.29. The molecule has 0 aliphatic carbocycles. The molecular weight excluding hydrogens is 292 g/mol. The van der Waals surface area contributed by atoms with Gasteiger partial charge >= 0.3 is 6.09 Å². The topological polar surface area (TPSA) is 61.8 Å². The first-order chi connectivity index (χ1) is 10.8. The second-order valence-electron chi connectivity index (χ2n) is 7.08. The Hall–Kier alpha value is -1.59. The first kappa shape index (κ1) is 17.8. The number of piperidine rings is 1. The Balaban J connectivity index is 1.72. The van der Waals surface area contributed by atoms with E-state index >= 15 is 0 Å². The van der Waals surface area contributed by atoms with Crippen LogP contribution < -0.4 is 5.32 Å². The first-order valence-corrected chi connectivity index (χ1v) is 8.29. The number of aliphatic hydroxyl groups is 1. The number of aliphatic hydroxyl groups excluding tert-OH is 1. The molecule has 1 amide bonds. The average molecular weight is 320 g/mol. The van der Waals surface area contributed by atoms with Crippen LogP contribution in [0.3, 0.4) is 0 Å². The lowest BCUT2D eigenvalue weighted by Gasteiger charge is -2.34. The zero-order valence-corrected chi connectivity index (χ0v) is 14.3. The van der Waals surface area contributed by atoms with Gasteiger partial charge in [-0.25, -0.2) is 4.79 Å².